The summed E-state index contributed by atoms with van der Waals surface area (Å²) >= 11 is 0. The highest BCUT2D eigenvalue weighted by molar-refractivity contribution is 7.91. The number of anilines is 1. The van der Waals surface area contributed by atoms with E-state index in [1.807, 2.05) is 19.9 Å². The van der Waals surface area contributed by atoms with E-state index in [-0.39, 0.29) is 17.6 Å². The van der Waals surface area contributed by atoms with Gasteiger partial charge in [0, 0.05) is 18.5 Å². The number of nitrogens with one attached hydrogen (secondary N) is 1. The van der Waals surface area contributed by atoms with E-state index >= 15 is 0 Å². The van der Waals surface area contributed by atoms with Crippen molar-refractivity contribution in [2.24, 2.45) is 0 Å². The molecule has 102 valence electrons. The smallest absolute Gasteiger partial charge is 0.237 e. The van der Waals surface area contributed by atoms with Gasteiger partial charge in [0.2, 0.25) is 5.88 Å². The van der Waals surface area contributed by atoms with Crippen molar-refractivity contribution >= 4 is 15.5 Å². The maximum absolute atomic E-state index is 11.4. The second-order valence-electron chi connectivity index (χ2n) is 4.19. The summed E-state index contributed by atoms with van der Waals surface area (Å²) in [7, 11) is -2.95. The van der Waals surface area contributed by atoms with Gasteiger partial charge < -0.3 is 10.1 Å². The molecule has 6 heteroatoms. The lowest BCUT2D eigenvalue weighted by atomic mass is 10.4. The molecule has 1 aromatic rings. The van der Waals surface area contributed by atoms with Gasteiger partial charge in [-0.15, -0.1) is 0 Å². The molecule has 0 aliphatic heterocycles. The van der Waals surface area contributed by atoms with Crippen molar-refractivity contribution in [1.82, 2.24) is 4.98 Å². The molecule has 1 heterocycles. The zero-order chi connectivity index (χ0) is 13.6. The largest absolute Gasteiger partial charge is 0.473 e. The van der Waals surface area contributed by atoms with E-state index in [2.05, 4.69) is 10.3 Å². The maximum atomic E-state index is 11.4. The molecule has 1 aromatic heterocycles. The van der Waals surface area contributed by atoms with Crippen molar-refractivity contribution < 1.29 is 13.2 Å². The van der Waals surface area contributed by atoms with Crippen LogP contribution in [0.4, 0.5) is 5.69 Å². The number of hydrogen-bond donors (Lipinski definition) is 1. The molecule has 0 fully saturated rings. The Kier molecular flexibility index (Phi) is 5.40. The topological polar surface area (TPSA) is 68.3 Å². The van der Waals surface area contributed by atoms with Crippen LogP contribution in [0.5, 0.6) is 5.88 Å². The molecule has 0 bridgehead atoms. The zero-order valence-corrected chi connectivity index (χ0v) is 11.8. The highest BCUT2D eigenvalue weighted by atomic mass is 32.2. The van der Waals surface area contributed by atoms with Gasteiger partial charge in [0.1, 0.15) is 0 Å². The van der Waals surface area contributed by atoms with Crippen LogP contribution in [0.1, 0.15) is 20.8 Å². The lowest BCUT2D eigenvalue weighted by Crippen LogP contribution is -2.18. The summed E-state index contributed by atoms with van der Waals surface area (Å²) in [5, 5.41) is 3.04. The molecule has 1 rings (SSSR count). The number of aromatic nitrogens is 1. The van der Waals surface area contributed by atoms with Crippen LogP contribution < -0.4 is 10.1 Å². The van der Waals surface area contributed by atoms with Crippen LogP contribution in [0.3, 0.4) is 0 Å². The second kappa shape index (κ2) is 6.58. The van der Waals surface area contributed by atoms with Crippen molar-refractivity contribution in [2.75, 3.05) is 23.4 Å². The summed E-state index contributed by atoms with van der Waals surface area (Å²) < 4.78 is 28.3. The summed E-state index contributed by atoms with van der Waals surface area (Å²) in [6.07, 6.45) is 1.67. The van der Waals surface area contributed by atoms with Crippen LogP contribution in [0.15, 0.2) is 18.3 Å². The quantitative estimate of drug-likeness (QED) is 0.818. The summed E-state index contributed by atoms with van der Waals surface area (Å²) in [5.41, 5.74) is 0.720. The van der Waals surface area contributed by atoms with Gasteiger partial charge in [0.05, 0.1) is 17.5 Å². The third kappa shape index (κ3) is 4.91. The lowest BCUT2D eigenvalue weighted by Gasteiger charge is -2.13. The van der Waals surface area contributed by atoms with E-state index in [1.165, 1.54) is 0 Å². The van der Waals surface area contributed by atoms with E-state index in [0.717, 1.165) is 5.69 Å². The molecular formula is C12H20N2O3S. The van der Waals surface area contributed by atoms with Gasteiger partial charge in [0.15, 0.2) is 9.84 Å². The molecule has 0 spiro atoms. The predicted octanol–water partition coefficient (Wildman–Crippen LogP) is 1.72. The van der Waals surface area contributed by atoms with Crippen molar-refractivity contribution in [1.29, 1.82) is 0 Å². The van der Waals surface area contributed by atoms with Crippen molar-refractivity contribution in [3.63, 3.8) is 0 Å². The molecule has 18 heavy (non-hydrogen) atoms. The summed E-state index contributed by atoms with van der Waals surface area (Å²) in [6, 6.07) is 3.60. The Morgan fingerprint density at radius 1 is 1.44 bits per heavy atom. The molecule has 0 unspecified atom stereocenters. The molecule has 0 aliphatic rings. The van der Waals surface area contributed by atoms with Crippen LogP contribution >= 0.6 is 0 Å². The second-order valence-corrected chi connectivity index (χ2v) is 6.66. The first-order valence-corrected chi connectivity index (χ1v) is 7.82. The number of rotatable bonds is 7. The predicted molar refractivity (Wildman–Crippen MR) is 72.8 cm³/mol. The van der Waals surface area contributed by atoms with Crippen LogP contribution in [-0.2, 0) is 9.84 Å². The minimum atomic E-state index is -2.95. The Labute approximate surface area is 108 Å². The van der Waals surface area contributed by atoms with Gasteiger partial charge in [-0.3, -0.25) is 0 Å². The normalized spacial score (nSPS) is 11.6. The maximum Gasteiger partial charge on any atom is 0.237 e. The standard InChI is InChI=1S/C12H20N2O3S/c1-4-18(15,16)9-8-13-11-6-5-7-14-12(11)17-10(2)3/h5-7,10,13H,4,8-9H2,1-3H3. The zero-order valence-electron chi connectivity index (χ0n) is 11.0. The Bertz CT molecular complexity index is 472. The van der Waals surface area contributed by atoms with Crippen molar-refractivity contribution in [3.05, 3.63) is 18.3 Å². The summed E-state index contributed by atoms with van der Waals surface area (Å²) in [6.45, 7) is 5.84. The fraction of sp³-hybridized carbons (Fsp3) is 0.583. The van der Waals surface area contributed by atoms with Crippen LogP contribution in [0, 0.1) is 0 Å². The van der Waals surface area contributed by atoms with E-state index in [0.29, 0.717) is 12.4 Å². The SMILES string of the molecule is CCS(=O)(=O)CCNc1cccnc1OC(C)C. The van der Waals surface area contributed by atoms with Gasteiger partial charge in [-0.2, -0.15) is 0 Å². The van der Waals surface area contributed by atoms with Gasteiger partial charge in [-0.05, 0) is 26.0 Å². The molecule has 0 aromatic carbocycles. The van der Waals surface area contributed by atoms with Crippen LogP contribution in [0.25, 0.3) is 0 Å². The van der Waals surface area contributed by atoms with Gasteiger partial charge in [-0.1, -0.05) is 6.92 Å². The molecule has 0 aliphatic carbocycles. The molecule has 0 amide bonds. The average molecular weight is 272 g/mol. The summed E-state index contributed by atoms with van der Waals surface area (Å²) in [5.74, 6) is 0.776. The number of pyridine rings is 1. The minimum Gasteiger partial charge on any atom is -0.473 e. The highest BCUT2D eigenvalue weighted by Gasteiger charge is 2.09. The van der Waals surface area contributed by atoms with E-state index < -0.39 is 9.84 Å². The number of hydrogen-bond acceptors (Lipinski definition) is 5. The molecule has 0 saturated carbocycles. The Hall–Kier alpha value is -1.30. The molecular weight excluding hydrogens is 252 g/mol. The fourth-order valence-corrected chi connectivity index (χ4v) is 2.03. The van der Waals surface area contributed by atoms with Gasteiger partial charge >= 0.3 is 0 Å². The summed E-state index contributed by atoms with van der Waals surface area (Å²) in [4.78, 5) is 4.12. The Balaban J connectivity index is 2.62. The Morgan fingerprint density at radius 2 is 2.17 bits per heavy atom. The van der Waals surface area contributed by atoms with Crippen molar-refractivity contribution in [2.45, 2.75) is 26.9 Å². The first-order valence-electron chi connectivity index (χ1n) is 6.00. The minimum absolute atomic E-state index is 0.0276. The fourth-order valence-electron chi connectivity index (χ4n) is 1.33. The Morgan fingerprint density at radius 3 is 2.78 bits per heavy atom. The molecule has 0 radical (unpaired) electrons. The van der Waals surface area contributed by atoms with Crippen LogP contribution in [0.2, 0.25) is 0 Å². The molecule has 0 atom stereocenters. The highest BCUT2D eigenvalue weighted by Crippen LogP contribution is 2.21. The third-order valence-electron chi connectivity index (χ3n) is 2.29. The van der Waals surface area contributed by atoms with Gasteiger partial charge in [0.25, 0.3) is 0 Å². The lowest BCUT2D eigenvalue weighted by molar-refractivity contribution is 0.234. The van der Waals surface area contributed by atoms with E-state index in [1.54, 1.807) is 19.2 Å². The van der Waals surface area contributed by atoms with E-state index in [9.17, 15) is 8.42 Å². The average Bonchev–Trinajstić information content (AvgIpc) is 2.30. The monoisotopic (exact) mass is 272 g/mol. The number of sulfone groups is 1. The van der Waals surface area contributed by atoms with Crippen molar-refractivity contribution in [3.8, 4) is 5.88 Å². The molecule has 0 saturated heterocycles. The molecule has 5 nitrogen and oxygen atoms in total. The third-order valence-corrected chi connectivity index (χ3v) is 3.99. The van der Waals surface area contributed by atoms with E-state index in [4.69, 9.17) is 4.74 Å². The number of nitrogens with zero attached hydrogens (tertiary/aromatic N) is 1. The van der Waals surface area contributed by atoms with Gasteiger partial charge in [-0.25, -0.2) is 13.4 Å². The first-order chi connectivity index (χ1) is 8.44. The molecule has 1 N–H and O–H groups in total. The first kappa shape index (κ1) is 14.8. The van der Waals surface area contributed by atoms with Crippen LogP contribution in [-0.4, -0.2) is 37.6 Å². The number of ether oxygens (including phenoxy) is 1.